The lowest BCUT2D eigenvalue weighted by atomic mass is 9.98. The molecule has 0 bridgehead atoms. The van der Waals surface area contributed by atoms with Gasteiger partial charge in [0.1, 0.15) is 0 Å². The summed E-state index contributed by atoms with van der Waals surface area (Å²) in [5.41, 5.74) is 4.06. The van der Waals surface area contributed by atoms with Gasteiger partial charge < -0.3 is 10.6 Å². The number of halogens is 3. The highest BCUT2D eigenvalue weighted by atomic mass is 19.4. The van der Waals surface area contributed by atoms with E-state index in [-0.39, 0.29) is 17.9 Å². The van der Waals surface area contributed by atoms with Gasteiger partial charge in [0.2, 0.25) is 0 Å². The summed E-state index contributed by atoms with van der Waals surface area (Å²) in [5.74, 6) is -0.478. The summed E-state index contributed by atoms with van der Waals surface area (Å²) >= 11 is 0. The highest BCUT2D eigenvalue weighted by Gasteiger charge is 2.30. The van der Waals surface area contributed by atoms with Gasteiger partial charge in [-0.05, 0) is 77.6 Å². The molecule has 4 aromatic carbocycles. The highest BCUT2D eigenvalue weighted by Crippen LogP contribution is 2.32. The van der Waals surface area contributed by atoms with Crippen molar-refractivity contribution in [3.63, 3.8) is 0 Å². The normalized spacial score (nSPS) is 14.6. The minimum Gasteiger partial charge on any atom is -0.349 e. The van der Waals surface area contributed by atoms with Gasteiger partial charge in [0, 0.05) is 22.9 Å². The van der Waals surface area contributed by atoms with Crippen LogP contribution >= 0.6 is 0 Å². The first-order valence-electron chi connectivity index (χ1n) is 11.8. The number of rotatable bonds is 5. The van der Waals surface area contributed by atoms with E-state index < -0.39 is 11.7 Å². The third-order valence-corrected chi connectivity index (χ3v) is 6.46. The second kappa shape index (κ2) is 9.93. The number of amides is 2. The van der Waals surface area contributed by atoms with Crippen LogP contribution in [0.3, 0.4) is 0 Å². The maximum Gasteiger partial charge on any atom is 0.416 e. The zero-order chi connectivity index (χ0) is 26.0. The van der Waals surface area contributed by atoms with E-state index in [4.69, 9.17) is 0 Å². The van der Waals surface area contributed by atoms with E-state index in [1.165, 1.54) is 12.1 Å². The van der Waals surface area contributed by atoms with Crippen LogP contribution in [0, 0.1) is 0 Å². The fourth-order valence-corrected chi connectivity index (χ4v) is 4.63. The number of nitrogens with one attached hydrogen (secondary N) is 2. The van der Waals surface area contributed by atoms with Crippen LogP contribution in [-0.2, 0) is 19.0 Å². The van der Waals surface area contributed by atoms with Crippen LogP contribution in [0.15, 0.2) is 97.1 Å². The molecule has 37 heavy (non-hydrogen) atoms. The number of carbonyl (C=O) groups is 2. The Morgan fingerprint density at radius 3 is 2.14 bits per heavy atom. The van der Waals surface area contributed by atoms with Crippen LogP contribution in [0.25, 0.3) is 11.1 Å². The van der Waals surface area contributed by atoms with Gasteiger partial charge in [-0.25, -0.2) is 0 Å². The molecule has 1 aliphatic carbocycles. The summed E-state index contributed by atoms with van der Waals surface area (Å²) in [6.45, 7) is 0. The fraction of sp³-hybridized carbons (Fsp3) is 0.133. The highest BCUT2D eigenvalue weighted by molar-refractivity contribution is 6.08. The predicted octanol–water partition coefficient (Wildman–Crippen LogP) is 6.52. The molecule has 5 rings (SSSR count). The Kier molecular flexibility index (Phi) is 6.53. The van der Waals surface area contributed by atoms with Crippen molar-refractivity contribution in [2.24, 2.45) is 0 Å². The molecule has 4 aromatic rings. The molecule has 0 saturated carbocycles. The molecule has 1 atom stereocenters. The van der Waals surface area contributed by atoms with E-state index in [1.54, 1.807) is 36.4 Å². The molecule has 0 heterocycles. The smallest absolute Gasteiger partial charge is 0.349 e. The molecule has 7 heteroatoms. The van der Waals surface area contributed by atoms with Gasteiger partial charge in [-0.15, -0.1) is 0 Å². The Morgan fingerprint density at radius 2 is 1.41 bits per heavy atom. The van der Waals surface area contributed by atoms with Crippen LogP contribution < -0.4 is 10.6 Å². The van der Waals surface area contributed by atoms with Crippen molar-refractivity contribution in [2.75, 3.05) is 5.32 Å². The Balaban J connectivity index is 1.29. The van der Waals surface area contributed by atoms with Gasteiger partial charge >= 0.3 is 6.18 Å². The summed E-state index contributed by atoms with van der Waals surface area (Å²) in [4.78, 5) is 25.7. The average molecular weight is 501 g/mol. The maximum absolute atomic E-state index is 13.2. The second-order valence-corrected chi connectivity index (χ2v) is 9.00. The van der Waals surface area contributed by atoms with Gasteiger partial charge in [-0.2, -0.15) is 13.2 Å². The number of carbonyl (C=O) groups excluding carboxylic acids is 2. The molecule has 1 aliphatic rings. The van der Waals surface area contributed by atoms with Crippen molar-refractivity contribution >= 4 is 17.5 Å². The van der Waals surface area contributed by atoms with Gasteiger partial charge in [-0.3, -0.25) is 9.59 Å². The Hall–Kier alpha value is -4.39. The minimum atomic E-state index is -4.42. The largest absolute Gasteiger partial charge is 0.416 e. The Morgan fingerprint density at radius 1 is 0.730 bits per heavy atom. The lowest BCUT2D eigenvalue weighted by molar-refractivity contribution is -0.137. The van der Waals surface area contributed by atoms with Gasteiger partial charge in [0.05, 0.1) is 5.56 Å². The Bertz CT molecular complexity index is 1450. The fourth-order valence-electron chi connectivity index (χ4n) is 4.63. The van der Waals surface area contributed by atoms with Crippen LogP contribution in [0.5, 0.6) is 0 Å². The van der Waals surface area contributed by atoms with E-state index in [0.717, 1.165) is 23.3 Å². The number of alkyl halides is 3. The Labute approximate surface area is 212 Å². The molecule has 0 saturated heterocycles. The number of fused-ring (bicyclic) bond motifs is 1. The topological polar surface area (TPSA) is 58.2 Å². The van der Waals surface area contributed by atoms with Gasteiger partial charge in [0.15, 0.2) is 0 Å². The van der Waals surface area contributed by atoms with Crippen LogP contribution in [0.2, 0.25) is 0 Å². The molecule has 0 fully saturated rings. The molecule has 0 aliphatic heterocycles. The quantitative estimate of drug-likeness (QED) is 0.328. The van der Waals surface area contributed by atoms with E-state index >= 15 is 0 Å². The summed E-state index contributed by atoms with van der Waals surface area (Å²) < 4.78 is 38.8. The van der Waals surface area contributed by atoms with Crippen molar-refractivity contribution in [3.05, 3.63) is 125 Å². The van der Waals surface area contributed by atoms with Gasteiger partial charge in [0.25, 0.3) is 11.8 Å². The zero-order valence-electron chi connectivity index (χ0n) is 19.7. The monoisotopic (exact) mass is 500 g/mol. The third-order valence-electron chi connectivity index (χ3n) is 6.46. The molecule has 2 amide bonds. The first-order valence-corrected chi connectivity index (χ1v) is 11.8. The van der Waals surface area contributed by atoms with Crippen LogP contribution in [0.4, 0.5) is 18.9 Å². The first kappa shape index (κ1) is 24.3. The number of hydrogen-bond donors (Lipinski definition) is 2. The lowest BCUT2D eigenvalue weighted by Gasteiger charge is -2.13. The van der Waals surface area contributed by atoms with Crippen LogP contribution in [0.1, 0.15) is 37.4 Å². The molecule has 0 aromatic heterocycles. The molecular weight excluding hydrogens is 477 g/mol. The van der Waals surface area contributed by atoms with Crippen molar-refractivity contribution in [2.45, 2.75) is 25.1 Å². The lowest BCUT2D eigenvalue weighted by Crippen LogP contribution is -2.35. The van der Waals surface area contributed by atoms with Crippen molar-refractivity contribution < 1.29 is 22.8 Å². The third kappa shape index (κ3) is 5.40. The summed E-state index contributed by atoms with van der Waals surface area (Å²) in [6, 6.07) is 26.3. The maximum atomic E-state index is 13.2. The molecule has 2 N–H and O–H groups in total. The van der Waals surface area contributed by atoms with Crippen molar-refractivity contribution in [1.29, 1.82) is 0 Å². The molecule has 186 valence electrons. The number of anilines is 1. The van der Waals surface area contributed by atoms with E-state index in [2.05, 4.69) is 10.6 Å². The molecular formula is C30H23F3N2O2. The summed E-state index contributed by atoms with van der Waals surface area (Å²) in [6.07, 6.45) is -3.06. The summed E-state index contributed by atoms with van der Waals surface area (Å²) in [5, 5.41) is 5.98. The molecule has 4 nitrogen and oxygen atoms in total. The second-order valence-electron chi connectivity index (χ2n) is 9.00. The first-order chi connectivity index (χ1) is 17.8. The zero-order valence-corrected chi connectivity index (χ0v) is 19.7. The average Bonchev–Trinajstić information content (AvgIpc) is 3.30. The van der Waals surface area contributed by atoms with Gasteiger partial charge in [-0.1, -0.05) is 54.6 Å². The van der Waals surface area contributed by atoms with Crippen LogP contribution in [-0.4, -0.2) is 17.9 Å². The molecule has 0 radical (unpaired) electrons. The van der Waals surface area contributed by atoms with Crippen molar-refractivity contribution in [3.8, 4) is 11.1 Å². The number of hydrogen-bond acceptors (Lipinski definition) is 2. The van der Waals surface area contributed by atoms with Crippen molar-refractivity contribution in [1.82, 2.24) is 5.32 Å². The SMILES string of the molecule is O=C(NC1Cc2ccc(NC(=O)c3ccccc3-c3ccc(C(F)(F)F)cc3)cc2C1)c1ccccc1. The van der Waals surface area contributed by atoms with E-state index in [0.29, 0.717) is 40.8 Å². The molecule has 0 spiro atoms. The number of benzene rings is 4. The predicted molar refractivity (Wildman–Crippen MR) is 136 cm³/mol. The van der Waals surface area contributed by atoms with E-state index in [1.807, 2.05) is 36.4 Å². The minimum absolute atomic E-state index is 0.0333. The molecule has 1 unspecified atom stereocenters. The standard InChI is InChI=1S/C30H23F3N2O2/c31-30(32,33)23-13-10-19(11-14-23)26-8-4-5-9-27(26)29(37)34-24-15-12-21-16-25(18-22(21)17-24)35-28(36)20-6-2-1-3-7-20/h1-15,17,25H,16,18H2,(H,34,37)(H,35,36). The summed E-state index contributed by atoms with van der Waals surface area (Å²) in [7, 11) is 0. The van der Waals surface area contributed by atoms with E-state index in [9.17, 15) is 22.8 Å².